The summed E-state index contributed by atoms with van der Waals surface area (Å²) in [4.78, 5) is 0. The Kier molecular flexibility index (Phi) is 2.20. The maximum atomic E-state index is 8.92. The summed E-state index contributed by atoms with van der Waals surface area (Å²) in [5.74, 6) is 0.495. The van der Waals surface area contributed by atoms with Gasteiger partial charge < -0.3 is 26.6 Å². The molecule has 0 amide bonds. The highest BCUT2D eigenvalue weighted by molar-refractivity contribution is 5.97. The van der Waals surface area contributed by atoms with Crippen LogP contribution in [0.25, 0.3) is 11.0 Å². The van der Waals surface area contributed by atoms with Gasteiger partial charge >= 0.3 is 0 Å². The Bertz CT molecular complexity index is 484. The zero-order valence-electron chi connectivity index (χ0n) is 8.57. The van der Waals surface area contributed by atoms with E-state index in [1.165, 1.54) is 0 Å². The van der Waals surface area contributed by atoms with E-state index in [0.717, 1.165) is 11.0 Å². The molecule has 0 aliphatic carbocycles. The largest absolute Gasteiger partial charge is 0.395 e. The number of nitrogen functional groups attached to an aromatic ring is 2. The normalized spacial score (nSPS) is 11.1. The number of rotatable bonds is 3. The third kappa shape index (κ3) is 1.22. The third-order valence-corrected chi connectivity index (χ3v) is 2.52. The van der Waals surface area contributed by atoms with E-state index in [9.17, 15) is 0 Å². The number of hydrogen-bond donors (Lipinski definition) is 4. The summed E-state index contributed by atoms with van der Waals surface area (Å²) < 4.78 is 3.61. The van der Waals surface area contributed by atoms with E-state index >= 15 is 0 Å². The van der Waals surface area contributed by atoms with Crippen LogP contribution in [0.4, 0.5) is 11.5 Å². The number of hydrogen-bond acceptors (Lipinski definition) is 4. The molecule has 0 unspecified atom stereocenters. The van der Waals surface area contributed by atoms with Crippen LogP contribution < -0.4 is 16.9 Å². The Morgan fingerprint density at radius 1 is 1.47 bits per heavy atom. The molecule has 0 saturated heterocycles. The molecule has 0 atom stereocenters. The molecule has 0 spiro atoms. The van der Waals surface area contributed by atoms with Gasteiger partial charge in [0.05, 0.1) is 12.3 Å². The summed E-state index contributed by atoms with van der Waals surface area (Å²) in [6, 6.07) is 1.89. The van der Waals surface area contributed by atoms with Crippen molar-refractivity contribution in [2.24, 2.45) is 0 Å². The van der Waals surface area contributed by atoms with Gasteiger partial charge in [0.25, 0.3) is 0 Å². The van der Waals surface area contributed by atoms with Gasteiger partial charge in [-0.25, -0.2) is 4.68 Å². The van der Waals surface area contributed by atoms with Gasteiger partial charge in [0.1, 0.15) is 11.5 Å². The van der Waals surface area contributed by atoms with Crippen LogP contribution >= 0.6 is 0 Å². The fourth-order valence-electron chi connectivity index (χ4n) is 1.81. The molecular formula is C9H15N5O. The quantitative estimate of drug-likeness (QED) is 0.562. The van der Waals surface area contributed by atoms with E-state index in [-0.39, 0.29) is 6.61 Å². The van der Waals surface area contributed by atoms with Crippen LogP contribution in [0.5, 0.6) is 0 Å². The Morgan fingerprint density at radius 3 is 2.80 bits per heavy atom. The number of nitrogens with one attached hydrogen (secondary N) is 1. The molecule has 15 heavy (non-hydrogen) atoms. The maximum absolute atomic E-state index is 8.92. The van der Waals surface area contributed by atoms with Gasteiger partial charge in [-0.05, 0) is 6.07 Å². The fourth-order valence-corrected chi connectivity index (χ4v) is 1.81. The summed E-state index contributed by atoms with van der Waals surface area (Å²) in [5, 5.41) is 9.82. The molecule has 0 bridgehead atoms. The minimum Gasteiger partial charge on any atom is -0.395 e. The SMILES string of the molecule is CNn1c(N)c(N)c2ccn(CCO)c21. The van der Waals surface area contributed by atoms with Crippen molar-refractivity contribution in [3.05, 3.63) is 12.3 Å². The average molecular weight is 209 g/mol. The van der Waals surface area contributed by atoms with Gasteiger partial charge in [0.2, 0.25) is 0 Å². The maximum Gasteiger partial charge on any atom is 0.148 e. The molecular weight excluding hydrogens is 194 g/mol. The second-order valence-electron chi connectivity index (χ2n) is 3.33. The van der Waals surface area contributed by atoms with E-state index in [2.05, 4.69) is 5.43 Å². The van der Waals surface area contributed by atoms with Crippen LogP contribution in [-0.4, -0.2) is 28.0 Å². The van der Waals surface area contributed by atoms with Crippen molar-refractivity contribution in [2.75, 3.05) is 30.5 Å². The topological polar surface area (TPSA) is 94.2 Å². The molecule has 0 radical (unpaired) electrons. The van der Waals surface area contributed by atoms with Crippen molar-refractivity contribution in [3.63, 3.8) is 0 Å². The van der Waals surface area contributed by atoms with E-state index in [1.807, 2.05) is 16.8 Å². The van der Waals surface area contributed by atoms with E-state index < -0.39 is 0 Å². The first kappa shape index (κ1) is 9.72. The van der Waals surface area contributed by atoms with Crippen molar-refractivity contribution in [1.29, 1.82) is 0 Å². The van der Waals surface area contributed by atoms with Crippen molar-refractivity contribution in [3.8, 4) is 0 Å². The van der Waals surface area contributed by atoms with E-state index in [4.69, 9.17) is 16.6 Å². The number of aromatic nitrogens is 2. The van der Waals surface area contributed by atoms with Crippen LogP contribution in [0, 0.1) is 0 Å². The van der Waals surface area contributed by atoms with Gasteiger partial charge in [-0.2, -0.15) is 0 Å². The minimum absolute atomic E-state index is 0.0818. The lowest BCUT2D eigenvalue weighted by atomic mass is 10.3. The second kappa shape index (κ2) is 3.39. The Morgan fingerprint density at radius 2 is 2.20 bits per heavy atom. The number of nitrogens with two attached hydrogens (primary N) is 2. The number of aliphatic hydroxyl groups excluding tert-OH is 1. The van der Waals surface area contributed by atoms with Crippen LogP contribution in [-0.2, 0) is 6.54 Å². The molecule has 0 fully saturated rings. The number of fused-ring (bicyclic) bond motifs is 1. The molecule has 2 rings (SSSR count). The van der Waals surface area contributed by atoms with Gasteiger partial charge in [-0.15, -0.1) is 0 Å². The summed E-state index contributed by atoms with van der Waals surface area (Å²) in [5.41, 5.74) is 16.1. The number of aliphatic hydroxyl groups is 1. The summed E-state index contributed by atoms with van der Waals surface area (Å²) >= 11 is 0. The molecule has 2 aromatic heterocycles. The highest BCUT2D eigenvalue weighted by Crippen LogP contribution is 2.30. The Balaban J connectivity index is 2.71. The fraction of sp³-hybridized carbons (Fsp3) is 0.333. The lowest BCUT2D eigenvalue weighted by Gasteiger charge is -2.08. The van der Waals surface area contributed by atoms with Crippen LogP contribution in [0.3, 0.4) is 0 Å². The molecule has 0 saturated carbocycles. The van der Waals surface area contributed by atoms with E-state index in [0.29, 0.717) is 18.1 Å². The molecule has 2 aromatic rings. The van der Waals surface area contributed by atoms with Crippen molar-refractivity contribution < 1.29 is 5.11 Å². The Labute approximate surface area is 87.0 Å². The third-order valence-electron chi connectivity index (χ3n) is 2.52. The predicted octanol–water partition coefficient (Wildman–Crippen LogP) is -0.227. The van der Waals surface area contributed by atoms with Crippen LogP contribution in [0.2, 0.25) is 0 Å². The molecule has 2 heterocycles. The van der Waals surface area contributed by atoms with Crippen LogP contribution in [0.15, 0.2) is 12.3 Å². The lowest BCUT2D eigenvalue weighted by Crippen LogP contribution is -2.15. The highest BCUT2D eigenvalue weighted by Gasteiger charge is 2.15. The summed E-state index contributed by atoms with van der Waals surface area (Å²) in [6.07, 6.45) is 1.88. The van der Waals surface area contributed by atoms with Gasteiger partial charge in [0.15, 0.2) is 0 Å². The minimum atomic E-state index is 0.0818. The molecule has 6 N–H and O–H groups in total. The molecule has 0 aliphatic rings. The number of nitrogens with zero attached hydrogens (tertiary/aromatic N) is 2. The average Bonchev–Trinajstić information content (AvgIpc) is 2.72. The molecule has 6 heteroatoms. The first-order valence-electron chi connectivity index (χ1n) is 4.73. The predicted molar refractivity (Wildman–Crippen MR) is 61.1 cm³/mol. The number of anilines is 2. The highest BCUT2D eigenvalue weighted by atomic mass is 16.3. The molecule has 82 valence electrons. The van der Waals surface area contributed by atoms with Crippen molar-refractivity contribution in [1.82, 2.24) is 9.24 Å². The van der Waals surface area contributed by atoms with Gasteiger partial charge in [0, 0.05) is 25.2 Å². The monoisotopic (exact) mass is 209 g/mol. The second-order valence-corrected chi connectivity index (χ2v) is 3.33. The molecule has 0 aromatic carbocycles. The van der Waals surface area contributed by atoms with Crippen molar-refractivity contribution in [2.45, 2.75) is 6.54 Å². The molecule has 6 nitrogen and oxygen atoms in total. The summed E-state index contributed by atoms with van der Waals surface area (Å²) in [7, 11) is 1.77. The Hall–Kier alpha value is -1.82. The van der Waals surface area contributed by atoms with Crippen molar-refractivity contribution >= 4 is 22.5 Å². The van der Waals surface area contributed by atoms with Gasteiger partial charge in [-0.3, -0.25) is 0 Å². The van der Waals surface area contributed by atoms with E-state index in [1.54, 1.807) is 11.7 Å². The molecule has 0 aliphatic heterocycles. The summed E-state index contributed by atoms with van der Waals surface area (Å²) in [6.45, 7) is 0.604. The standard InChI is InChI=1S/C9H15N5O/c1-12-14-8(11)7(10)6-2-3-13(4-5-15)9(6)14/h2-3,12,15H,4-5,10-11H2,1H3. The lowest BCUT2D eigenvalue weighted by molar-refractivity contribution is 0.277. The van der Waals surface area contributed by atoms with Gasteiger partial charge in [-0.1, -0.05) is 0 Å². The first-order valence-corrected chi connectivity index (χ1v) is 4.73. The van der Waals surface area contributed by atoms with Crippen LogP contribution in [0.1, 0.15) is 0 Å². The first-order chi connectivity index (χ1) is 7.20. The zero-order valence-corrected chi connectivity index (χ0v) is 8.57. The smallest absolute Gasteiger partial charge is 0.148 e. The zero-order chi connectivity index (χ0) is 11.0.